The van der Waals surface area contributed by atoms with Crippen LogP contribution in [0.5, 0.6) is 0 Å². The number of nitrogens with zero attached hydrogens (tertiary/aromatic N) is 1. The molecule has 1 heterocycles. The standard InChI is InChI=1S/C11H5F4N/c12-7-1-6(2-8(13)3-7)11-10(15)4-9(14)5-16-11/h1-5H. The highest BCUT2D eigenvalue weighted by Gasteiger charge is 2.10. The molecule has 2 aromatic rings. The fraction of sp³-hybridized carbons (Fsp3) is 0. The number of benzene rings is 1. The van der Waals surface area contributed by atoms with Gasteiger partial charge in [-0.05, 0) is 12.1 Å². The molecule has 0 spiro atoms. The van der Waals surface area contributed by atoms with Gasteiger partial charge < -0.3 is 0 Å². The number of hydrogen-bond donors (Lipinski definition) is 0. The minimum atomic E-state index is -0.968. The molecule has 0 radical (unpaired) electrons. The van der Waals surface area contributed by atoms with Crippen molar-refractivity contribution in [2.45, 2.75) is 0 Å². The second-order valence-electron chi connectivity index (χ2n) is 3.14. The Bertz CT molecular complexity index is 519. The van der Waals surface area contributed by atoms with Crippen LogP contribution in [-0.2, 0) is 0 Å². The molecule has 16 heavy (non-hydrogen) atoms. The lowest BCUT2D eigenvalue weighted by atomic mass is 10.1. The van der Waals surface area contributed by atoms with E-state index in [-0.39, 0.29) is 11.3 Å². The molecule has 0 aliphatic heterocycles. The van der Waals surface area contributed by atoms with Gasteiger partial charge in [-0.3, -0.25) is 4.98 Å². The van der Waals surface area contributed by atoms with E-state index in [0.717, 1.165) is 18.3 Å². The Morgan fingerprint density at radius 2 is 1.38 bits per heavy atom. The fourth-order valence-corrected chi connectivity index (χ4v) is 1.32. The summed E-state index contributed by atoms with van der Waals surface area (Å²) in [6, 6.07) is 3.11. The molecule has 1 aromatic heterocycles. The van der Waals surface area contributed by atoms with Crippen molar-refractivity contribution < 1.29 is 17.6 Å². The SMILES string of the molecule is Fc1cc(F)cc(-c2ncc(F)cc2F)c1. The number of hydrogen-bond acceptors (Lipinski definition) is 1. The molecule has 0 fully saturated rings. The fourth-order valence-electron chi connectivity index (χ4n) is 1.32. The van der Waals surface area contributed by atoms with Crippen LogP contribution >= 0.6 is 0 Å². The average Bonchev–Trinajstić information content (AvgIpc) is 2.15. The summed E-state index contributed by atoms with van der Waals surface area (Å²) in [7, 11) is 0. The van der Waals surface area contributed by atoms with Gasteiger partial charge >= 0.3 is 0 Å². The van der Waals surface area contributed by atoms with Crippen molar-refractivity contribution in [3.8, 4) is 11.3 Å². The van der Waals surface area contributed by atoms with E-state index < -0.39 is 23.3 Å². The lowest BCUT2D eigenvalue weighted by Gasteiger charge is -2.02. The molecule has 0 saturated carbocycles. The molecule has 1 nitrogen and oxygen atoms in total. The van der Waals surface area contributed by atoms with E-state index in [2.05, 4.69) is 4.98 Å². The Morgan fingerprint density at radius 3 is 1.94 bits per heavy atom. The van der Waals surface area contributed by atoms with E-state index in [4.69, 9.17) is 0 Å². The quantitative estimate of drug-likeness (QED) is 0.681. The molecule has 0 atom stereocenters. The zero-order valence-corrected chi connectivity index (χ0v) is 7.85. The van der Waals surface area contributed by atoms with Crippen molar-refractivity contribution in [3.05, 3.63) is 53.7 Å². The Labute approximate surface area is 88.4 Å². The van der Waals surface area contributed by atoms with Crippen molar-refractivity contribution in [2.75, 3.05) is 0 Å². The van der Waals surface area contributed by atoms with E-state index in [9.17, 15) is 17.6 Å². The number of halogens is 4. The highest BCUT2D eigenvalue weighted by atomic mass is 19.1. The van der Waals surface area contributed by atoms with Crippen LogP contribution in [-0.4, -0.2) is 4.98 Å². The van der Waals surface area contributed by atoms with E-state index in [1.165, 1.54) is 0 Å². The normalized spacial score (nSPS) is 10.5. The molecule has 2 rings (SSSR count). The smallest absolute Gasteiger partial charge is 0.152 e. The first kappa shape index (κ1) is 10.6. The van der Waals surface area contributed by atoms with Gasteiger partial charge in [0.05, 0.1) is 6.20 Å². The van der Waals surface area contributed by atoms with Gasteiger partial charge in [0.25, 0.3) is 0 Å². The van der Waals surface area contributed by atoms with Gasteiger partial charge in [-0.2, -0.15) is 0 Å². The third-order valence-electron chi connectivity index (χ3n) is 1.94. The molecule has 0 amide bonds. The predicted octanol–water partition coefficient (Wildman–Crippen LogP) is 3.31. The summed E-state index contributed by atoms with van der Waals surface area (Å²) in [5, 5.41) is 0. The van der Waals surface area contributed by atoms with Gasteiger partial charge in [0.15, 0.2) is 5.82 Å². The number of pyridine rings is 1. The second-order valence-corrected chi connectivity index (χ2v) is 3.14. The monoisotopic (exact) mass is 227 g/mol. The number of rotatable bonds is 1. The highest BCUT2D eigenvalue weighted by Crippen LogP contribution is 2.22. The molecular formula is C11H5F4N. The van der Waals surface area contributed by atoms with Crippen molar-refractivity contribution in [1.29, 1.82) is 0 Å². The van der Waals surface area contributed by atoms with Crippen LogP contribution in [0.1, 0.15) is 0 Å². The summed E-state index contributed by atoms with van der Waals surface area (Å²) in [6.07, 6.45) is 0.779. The van der Waals surface area contributed by atoms with Crippen LogP contribution in [0.25, 0.3) is 11.3 Å². The summed E-state index contributed by atoms with van der Waals surface area (Å²) in [4.78, 5) is 3.45. The third-order valence-corrected chi connectivity index (χ3v) is 1.94. The molecule has 0 bridgehead atoms. The third kappa shape index (κ3) is 2.03. The zero-order chi connectivity index (χ0) is 11.7. The Kier molecular flexibility index (Phi) is 2.60. The van der Waals surface area contributed by atoms with Crippen molar-refractivity contribution >= 4 is 0 Å². The minimum absolute atomic E-state index is 0.0741. The van der Waals surface area contributed by atoms with E-state index >= 15 is 0 Å². The molecule has 0 N–H and O–H groups in total. The topological polar surface area (TPSA) is 12.9 Å². The van der Waals surface area contributed by atoms with Crippen LogP contribution in [0.4, 0.5) is 17.6 Å². The Hall–Kier alpha value is -1.91. The molecule has 1 aromatic carbocycles. The predicted molar refractivity (Wildman–Crippen MR) is 49.5 cm³/mol. The van der Waals surface area contributed by atoms with Gasteiger partial charge in [-0.25, -0.2) is 17.6 Å². The number of aromatic nitrogens is 1. The van der Waals surface area contributed by atoms with Gasteiger partial charge in [-0.15, -0.1) is 0 Å². The van der Waals surface area contributed by atoms with Gasteiger partial charge in [0.1, 0.15) is 23.1 Å². The average molecular weight is 227 g/mol. The van der Waals surface area contributed by atoms with Gasteiger partial charge in [-0.1, -0.05) is 0 Å². The largest absolute Gasteiger partial charge is 0.250 e. The van der Waals surface area contributed by atoms with Gasteiger partial charge in [0, 0.05) is 17.7 Å². The van der Waals surface area contributed by atoms with Crippen LogP contribution in [0.3, 0.4) is 0 Å². The molecular weight excluding hydrogens is 222 g/mol. The Morgan fingerprint density at radius 1 is 0.750 bits per heavy atom. The highest BCUT2D eigenvalue weighted by molar-refractivity contribution is 5.59. The molecule has 0 aliphatic rings. The Balaban J connectivity index is 2.58. The van der Waals surface area contributed by atoms with Crippen molar-refractivity contribution in [1.82, 2.24) is 4.98 Å². The second kappa shape index (κ2) is 3.92. The molecule has 0 saturated heterocycles. The molecule has 0 aliphatic carbocycles. The van der Waals surface area contributed by atoms with Gasteiger partial charge in [0.2, 0.25) is 0 Å². The maximum atomic E-state index is 13.3. The first-order chi connectivity index (χ1) is 7.56. The van der Waals surface area contributed by atoms with E-state index in [0.29, 0.717) is 12.1 Å². The summed E-state index contributed by atoms with van der Waals surface area (Å²) in [6.45, 7) is 0. The summed E-state index contributed by atoms with van der Waals surface area (Å²) in [5.74, 6) is -3.51. The van der Waals surface area contributed by atoms with Crippen molar-refractivity contribution in [2.24, 2.45) is 0 Å². The lowest BCUT2D eigenvalue weighted by Crippen LogP contribution is -1.92. The van der Waals surface area contributed by atoms with E-state index in [1.807, 2.05) is 0 Å². The maximum absolute atomic E-state index is 13.3. The first-order valence-corrected chi connectivity index (χ1v) is 4.34. The maximum Gasteiger partial charge on any atom is 0.152 e. The molecule has 82 valence electrons. The summed E-state index contributed by atoms with van der Waals surface area (Å²) in [5.41, 5.74) is -0.366. The first-order valence-electron chi connectivity index (χ1n) is 4.34. The van der Waals surface area contributed by atoms with Crippen molar-refractivity contribution in [3.63, 3.8) is 0 Å². The van der Waals surface area contributed by atoms with Crippen LogP contribution in [0, 0.1) is 23.3 Å². The van der Waals surface area contributed by atoms with Crippen LogP contribution in [0.2, 0.25) is 0 Å². The lowest BCUT2D eigenvalue weighted by molar-refractivity contribution is 0.573. The van der Waals surface area contributed by atoms with Crippen LogP contribution in [0.15, 0.2) is 30.5 Å². The summed E-state index contributed by atoms with van der Waals surface area (Å²) < 4.78 is 51.5. The molecule has 5 heteroatoms. The minimum Gasteiger partial charge on any atom is -0.250 e. The zero-order valence-electron chi connectivity index (χ0n) is 7.85. The van der Waals surface area contributed by atoms with Crippen LogP contribution < -0.4 is 0 Å². The molecule has 0 unspecified atom stereocenters. The summed E-state index contributed by atoms with van der Waals surface area (Å²) >= 11 is 0. The van der Waals surface area contributed by atoms with E-state index in [1.54, 1.807) is 0 Å².